The number of hydrogen-bond acceptors (Lipinski definition) is 4. The fourth-order valence-corrected chi connectivity index (χ4v) is 2.32. The lowest BCUT2D eigenvalue weighted by Crippen LogP contribution is -2.24. The summed E-state index contributed by atoms with van der Waals surface area (Å²) >= 11 is 0. The van der Waals surface area contributed by atoms with Gasteiger partial charge in [0.15, 0.2) is 5.76 Å². The highest BCUT2D eigenvalue weighted by Gasteiger charge is 2.09. The lowest BCUT2D eigenvalue weighted by Gasteiger charge is -2.02. The van der Waals surface area contributed by atoms with Crippen molar-refractivity contribution < 1.29 is 14.1 Å². The van der Waals surface area contributed by atoms with E-state index in [0.717, 1.165) is 22.6 Å². The van der Waals surface area contributed by atoms with E-state index in [4.69, 9.17) is 9.26 Å². The third-order valence-electron chi connectivity index (χ3n) is 3.61. The maximum Gasteiger partial charge on any atom is 0.224 e. The smallest absolute Gasteiger partial charge is 0.224 e. The van der Waals surface area contributed by atoms with Crippen molar-refractivity contribution >= 4 is 5.91 Å². The maximum absolute atomic E-state index is 11.9. The van der Waals surface area contributed by atoms with Gasteiger partial charge in [-0.15, -0.1) is 0 Å². The Kier molecular flexibility index (Phi) is 4.91. The van der Waals surface area contributed by atoms with E-state index >= 15 is 0 Å². The molecule has 0 aliphatic carbocycles. The molecule has 0 atom stereocenters. The molecule has 0 saturated heterocycles. The average Bonchev–Trinajstić information content (AvgIpc) is 3.10. The highest BCUT2D eigenvalue weighted by atomic mass is 16.5. The Bertz CT molecular complexity index is 795. The van der Waals surface area contributed by atoms with E-state index in [1.165, 1.54) is 0 Å². The second-order valence-electron chi connectivity index (χ2n) is 5.35. The number of amides is 1. The molecular formula is C19H18N2O3. The molecule has 5 nitrogen and oxygen atoms in total. The minimum Gasteiger partial charge on any atom is -0.497 e. The molecule has 2 aromatic carbocycles. The summed E-state index contributed by atoms with van der Waals surface area (Å²) in [6.07, 6.45) is 0.348. The van der Waals surface area contributed by atoms with Crippen LogP contribution in [0.15, 0.2) is 65.2 Å². The fraction of sp³-hybridized carbons (Fsp3) is 0.158. The number of nitrogens with zero attached hydrogens (tertiary/aromatic N) is 1. The van der Waals surface area contributed by atoms with Gasteiger partial charge in [0.1, 0.15) is 11.4 Å². The second-order valence-corrected chi connectivity index (χ2v) is 5.35. The topological polar surface area (TPSA) is 64.4 Å². The van der Waals surface area contributed by atoms with Crippen LogP contribution < -0.4 is 10.1 Å². The van der Waals surface area contributed by atoms with Gasteiger partial charge in [-0.3, -0.25) is 4.79 Å². The van der Waals surface area contributed by atoms with Gasteiger partial charge in [-0.1, -0.05) is 35.5 Å². The Hall–Kier alpha value is -3.08. The van der Waals surface area contributed by atoms with Crippen LogP contribution in [0.2, 0.25) is 0 Å². The predicted molar refractivity (Wildman–Crippen MR) is 90.5 cm³/mol. The molecule has 3 aromatic rings. The molecule has 3 rings (SSSR count). The van der Waals surface area contributed by atoms with Gasteiger partial charge in [-0.05, 0) is 29.8 Å². The van der Waals surface area contributed by atoms with Crippen molar-refractivity contribution in [3.8, 4) is 17.0 Å². The molecular weight excluding hydrogens is 304 g/mol. The summed E-state index contributed by atoms with van der Waals surface area (Å²) in [4.78, 5) is 11.9. The number of ether oxygens (including phenoxy) is 1. The molecule has 0 unspecified atom stereocenters. The first-order valence-corrected chi connectivity index (χ1v) is 7.65. The zero-order chi connectivity index (χ0) is 16.8. The van der Waals surface area contributed by atoms with E-state index < -0.39 is 0 Å². The van der Waals surface area contributed by atoms with Crippen LogP contribution in [0, 0.1) is 0 Å². The molecule has 5 heteroatoms. The third-order valence-corrected chi connectivity index (χ3v) is 3.61. The molecule has 1 heterocycles. The molecule has 0 saturated carbocycles. The molecule has 0 spiro atoms. The van der Waals surface area contributed by atoms with E-state index in [2.05, 4.69) is 10.5 Å². The molecule has 1 N–H and O–H groups in total. The zero-order valence-corrected chi connectivity index (χ0v) is 13.4. The van der Waals surface area contributed by atoms with Gasteiger partial charge in [0.2, 0.25) is 5.91 Å². The van der Waals surface area contributed by atoms with Crippen molar-refractivity contribution in [2.45, 2.75) is 13.0 Å². The van der Waals surface area contributed by atoms with Crippen molar-refractivity contribution in [2.24, 2.45) is 0 Å². The lowest BCUT2D eigenvalue weighted by molar-refractivity contribution is -0.120. The Morgan fingerprint density at radius 2 is 1.88 bits per heavy atom. The number of carbonyl (C=O) groups excluding carboxylic acids is 1. The Balaban J connectivity index is 1.56. The maximum atomic E-state index is 11.9. The summed E-state index contributed by atoms with van der Waals surface area (Å²) in [5, 5.41) is 6.87. The van der Waals surface area contributed by atoms with Crippen molar-refractivity contribution in [1.82, 2.24) is 10.5 Å². The first kappa shape index (κ1) is 15.8. The van der Waals surface area contributed by atoms with Crippen molar-refractivity contribution in [3.63, 3.8) is 0 Å². The van der Waals surface area contributed by atoms with Crippen LogP contribution in [0.5, 0.6) is 5.75 Å². The van der Waals surface area contributed by atoms with E-state index in [9.17, 15) is 4.79 Å². The molecule has 24 heavy (non-hydrogen) atoms. The first-order valence-electron chi connectivity index (χ1n) is 7.65. The highest BCUT2D eigenvalue weighted by molar-refractivity contribution is 5.78. The van der Waals surface area contributed by atoms with E-state index in [0.29, 0.717) is 18.7 Å². The molecule has 0 aliphatic heterocycles. The lowest BCUT2D eigenvalue weighted by atomic mass is 10.1. The summed E-state index contributed by atoms with van der Waals surface area (Å²) in [5.41, 5.74) is 2.64. The van der Waals surface area contributed by atoms with Crippen molar-refractivity contribution in [1.29, 1.82) is 0 Å². The monoisotopic (exact) mass is 322 g/mol. The number of rotatable bonds is 6. The van der Waals surface area contributed by atoms with Crippen LogP contribution in [0.1, 0.15) is 11.3 Å². The first-order chi connectivity index (χ1) is 11.7. The van der Waals surface area contributed by atoms with Crippen LogP contribution in [-0.2, 0) is 17.8 Å². The third kappa shape index (κ3) is 4.01. The summed E-state index contributed by atoms with van der Waals surface area (Å²) in [5.74, 6) is 1.35. The number of aromatic nitrogens is 1. The average molecular weight is 322 g/mol. The van der Waals surface area contributed by atoms with Crippen LogP contribution in [0.25, 0.3) is 11.3 Å². The fourth-order valence-electron chi connectivity index (χ4n) is 2.32. The summed E-state index contributed by atoms with van der Waals surface area (Å²) < 4.78 is 10.4. The van der Waals surface area contributed by atoms with Crippen molar-refractivity contribution in [3.05, 3.63) is 72.0 Å². The van der Waals surface area contributed by atoms with Gasteiger partial charge >= 0.3 is 0 Å². The van der Waals surface area contributed by atoms with E-state index in [1.807, 2.05) is 60.7 Å². The molecule has 122 valence electrons. The highest BCUT2D eigenvalue weighted by Crippen LogP contribution is 2.22. The number of methoxy groups -OCH3 is 1. The minimum absolute atomic E-state index is 0.0522. The second kappa shape index (κ2) is 7.46. The largest absolute Gasteiger partial charge is 0.497 e. The van der Waals surface area contributed by atoms with Gasteiger partial charge in [0.05, 0.1) is 20.1 Å². The molecule has 1 aromatic heterocycles. The molecule has 0 aliphatic rings. The molecule has 1 amide bonds. The Morgan fingerprint density at radius 1 is 1.12 bits per heavy atom. The molecule has 0 radical (unpaired) electrons. The van der Waals surface area contributed by atoms with Crippen LogP contribution in [0.4, 0.5) is 0 Å². The van der Waals surface area contributed by atoms with Gasteiger partial charge in [0, 0.05) is 11.6 Å². The zero-order valence-electron chi connectivity index (χ0n) is 13.4. The van der Waals surface area contributed by atoms with E-state index in [-0.39, 0.29) is 5.91 Å². The number of carbonyl (C=O) groups is 1. The Morgan fingerprint density at radius 3 is 2.58 bits per heavy atom. The predicted octanol–water partition coefficient (Wildman–Crippen LogP) is 3.21. The van der Waals surface area contributed by atoms with Crippen molar-refractivity contribution in [2.75, 3.05) is 7.11 Å². The van der Waals surface area contributed by atoms with Gasteiger partial charge < -0.3 is 14.6 Å². The standard InChI is InChI=1S/C19H18N2O3/c1-23-16-9-7-15(8-10-16)18-12-17(24-21-18)13-20-19(22)11-14-5-3-2-4-6-14/h2-10,12H,11,13H2,1H3,(H,20,22). The summed E-state index contributed by atoms with van der Waals surface area (Å²) in [6.45, 7) is 0.314. The summed E-state index contributed by atoms with van der Waals surface area (Å²) in [7, 11) is 1.63. The van der Waals surface area contributed by atoms with E-state index in [1.54, 1.807) is 7.11 Å². The normalized spacial score (nSPS) is 10.4. The van der Waals surface area contributed by atoms with Gasteiger partial charge in [-0.25, -0.2) is 0 Å². The van der Waals surface area contributed by atoms with Gasteiger partial charge in [-0.2, -0.15) is 0 Å². The summed E-state index contributed by atoms with van der Waals surface area (Å²) in [6, 6.07) is 19.0. The molecule has 0 fully saturated rings. The Labute approximate surface area is 140 Å². The van der Waals surface area contributed by atoms with Crippen LogP contribution >= 0.6 is 0 Å². The number of benzene rings is 2. The number of hydrogen-bond donors (Lipinski definition) is 1. The number of nitrogens with one attached hydrogen (secondary N) is 1. The van der Waals surface area contributed by atoms with Crippen LogP contribution in [0.3, 0.4) is 0 Å². The molecule has 0 bridgehead atoms. The SMILES string of the molecule is COc1ccc(-c2cc(CNC(=O)Cc3ccccc3)on2)cc1. The van der Waals surface area contributed by atoms with Gasteiger partial charge in [0.25, 0.3) is 0 Å². The minimum atomic E-state index is -0.0522. The van der Waals surface area contributed by atoms with Crippen LogP contribution in [-0.4, -0.2) is 18.2 Å². The quantitative estimate of drug-likeness (QED) is 0.757.